The molecule has 2 heterocycles. The van der Waals surface area contributed by atoms with Gasteiger partial charge in [0.15, 0.2) is 0 Å². The van der Waals surface area contributed by atoms with Crippen molar-refractivity contribution in [2.75, 3.05) is 86.1 Å². The van der Waals surface area contributed by atoms with E-state index in [0.717, 1.165) is 37.3 Å². The maximum absolute atomic E-state index is 12.6. The highest BCUT2D eigenvalue weighted by Crippen LogP contribution is 2.25. The van der Waals surface area contributed by atoms with E-state index in [4.69, 9.17) is 30.2 Å². The Kier molecular flexibility index (Phi) is 12.5. The zero-order valence-corrected chi connectivity index (χ0v) is 26.6. The quantitative estimate of drug-likeness (QED) is 0.101. The number of nitro benzene ring substituents is 1. The van der Waals surface area contributed by atoms with Gasteiger partial charge in [-0.15, -0.1) is 0 Å². The first-order valence-electron chi connectivity index (χ1n) is 16.3. The number of carbonyl (C=O) groups is 1. The van der Waals surface area contributed by atoms with Crippen LogP contribution in [0.3, 0.4) is 0 Å². The van der Waals surface area contributed by atoms with Gasteiger partial charge in [-0.1, -0.05) is 19.3 Å². The summed E-state index contributed by atoms with van der Waals surface area (Å²) in [7, 11) is 0. The van der Waals surface area contributed by atoms with E-state index in [-0.39, 0.29) is 16.5 Å². The van der Waals surface area contributed by atoms with Gasteiger partial charge in [0, 0.05) is 74.4 Å². The zero-order chi connectivity index (χ0) is 32.8. The molecule has 47 heavy (non-hydrogen) atoms. The molecular formula is C32H44N10O5. The number of piperazine rings is 1. The highest BCUT2D eigenvalue weighted by molar-refractivity contribution is 5.94. The second kappa shape index (κ2) is 17.4. The fourth-order valence-electron chi connectivity index (χ4n) is 5.58. The number of anilines is 5. The predicted molar refractivity (Wildman–Crippen MR) is 181 cm³/mol. The Labute approximate surface area is 274 Å². The molecule has 0 atom stereocenters. The van der Waals surface area contributed by atoms with E-state index in [9.17, 15) is 14.9 Å². The van der Waals surface area contributed by atoms with Crippen molar-refractivity contribution >= 4 is 40.8 Å². The molecule has 1 aromatic heterocycles. The molecule has 2 aliphatic rings. The summed E-state index contributed by atoms with van der Waals surface area (Å²) in [6, 6.07) is 14.1. The number of nitrogens with two attached hydrogens (primary N) is 1. The molecule has 1 saturated carbocycles. The Morgan fingerprint density at radius 1 is 0.851 bits per heavy atom. The van der Waals surface area contributed by atoms with Crippen molar-refractivity contribution in [1.29, 1.82) is 0 Å². The maximum Gasteiger partial charge on any atom is 0.269 e. The van der Waals surface area contributed by atoms with Gasteiger partial charge in [-0.2, -0.15) is 15.0 Å². The van der Waals surface area contributed by atoms with Crippen LogP contribution in [0.2, 0.25) is 0 Å². The molecule has 1 aliphatic heterocycles. The molecular weight excluding hydrogens is 604 g/mol. The number of rotatable bonds is 16. The molecule has 15 heteroatoms. The molecule has 0 bridgehead atoms. The van der Waals surface area contributed by atoms with Gasteiger partial charge in [-0.3, -0.25) is 14.9 Å². The topological polar surface area (TPSA) is 186 Å². The number of ether oxygens (including phenoxy) is 2. The van der Waals surface area contributed by atoms with Crippen LogP contribution in [0.25, 0.3) is 0 Å². The highest BCUT2D eigenvalue weighted by Gasteiger charge is 2.23. The van der Waals surface area contributed by atoms with E-state index in [1.807, 2.05) is 12.1 Å². The fourth-order valence-corrected chi connectivity index (χ4v) is 5.58. The Bertz CT molecular complexity index is 1430. The summed E-state index contributed by atoms with van der Waals surface area (Å²) < 4.78 is 10.7. The summed E-state index contributed by atoms with van der Waals surface area (Å²) in [5.74, 6) is 1.34. The second-order valence-electron chi connectivity index (χ2n) is 11.5. The molecule has 2 fully saturated rings. The first-order valence-corrected chi connectivity index (χ1v) is 16.3. The summed E-state index contributed by atoms with van der Waals surface area (Å²) in [5.41, 5.74) is 7.68. The van der Waals surface area contributed by atoms with Gasteiger partial charge in [0.05, 0.1) is 31.4 Å². The van der Waals surface area contributed by atoms with Gasteiger partial charge >= 0.3 is 0 Å². The summed E-state index contributed by atoms with van der Waals surface area (Å²) in [4.78, 5) is 41.8. The van der Waals surface area contributed by atoms with Crippen LogP contribution in [-0.2, 0) is 9.47 Å². The van der Waals surface area contributed by atoms with Crippen LogP contribution >= 0.6 is 0 Å². The van der Waals surface area contributed by atoms with Crippen molar-refractivity contribution in [3.63, 3.8) is 0 Å². The van der Waals surface area contributed by atoms with Crippen molar-refractivity contribution < 1.29 is 19.2 Å². The summed E-state index contributed by atoms with van der Waals surface area (Å²) in [6.07, 6.45) is 5.78. The Morgan fingerprint density at radius 3 is 2.19 bits per heavy atom. The van der Waals surface area contributed by atoms with Crippen molar-refractivity contribution in [2.24, 2.45) is 5.73 Å². The smallest absolute Gasteiger partial charge is 0.269 e. The molecule has 1 aliphatic carbocycles. The number of hydrogen-bond acceptors (Lipinski definition) is 13. The number of nitro groups is 1. The lowest BCUT2D eigenvalue weighted by molar-refractivity contribution is -0.384. The monoisotopic (exact) mass is 648 g/mol. The van der Waals surface area contributed by atoms with Crippen molar-refractivity contribution in [1.82, 2.24) is 20.3 Å². The third-order valence-corrected chi connectivity index (χ3v) is 8.12. The zero-order valence-electron chi connectivity index (χ0n) is 26.6. The Balaban J connectivity index is 1.19. The van der Waals surface area contributed by atoms with Crippen LogP contribution in [0, 0.1) is 10.1 Å². The molecule has 252 valence electrons. The van der Waals surface area contributed by atoms with Gasteiger partial charge in [0.1, 0.15) is 0 Å². The Hall–Kier alpha value is -4.60. The number of carbonyl (C=O) groups excluding carboxylic acids is 1. The van der Waals surface area contributed by atoms with Crippen LogP contribution in [0.5, 0.6) is 0 Å². The number of benzene rings is 2. The molecule has 0 radical (unpaired) electrons. The fraction of sp³-hybridized carbons (Fsp3) is 0.500. The van der Waals surface area contributed by atoms with Crippen LogP contribution in [0.1, 0.15) is 42.5 Å². The molecule has 2 aromatic carbocycles. The van der Waals surface area contributed by atoms with Gasteiger partial charge in [-0.05, 0) is 49.2 Å². The van der Waals surface area contributed by atoms with E-state index in [1.165, 1.54) is 31.4 Å². The lowest BCUT2D eigenvalue weighted by Gasteiger charge is -2.36. The first-order chi connectivity index (χ1) is 23.0. The van der Waals surface area contributed by atoms with E-state index < -0.39 is 0 Å². The number of amides is 1. The van der Waals surface area contributed by atoms with Crippen LogP contribution in [-0.4, -0.2) is 97.5 Å². The van der Waals surface area contributed by atoms with Gasteiger partial charge in [0.2, 0.25) is 17.8 Å². The highest BCUT2D eigenvalue weighted by atomic mass is 16.6. The number of hydrogen-bond donors (Lipinski definition) is 4. The second-order valence-corrected chi connectivity index (χ2v) is 11.5. The van der Waals surface area contributed by atoms with Crippen molar-refractivity contribution in [3.05, 3.63) is 64.2 Å². The minimum atomic E-state index is -0.388. The number of aromatic nitrogens is 3. The molecule has 0 unspecified atom stereocenters. The standard InChI is InChI=1S/C32H44N10O5/c33-14-20-46-22-23-47-21-15-34-29(43)24-6-8-26(9-7-24)36-31-37-30(35-25-4-2-1-3-5-25)38-32(39-31)41-18-16-40(17-19-41)27-10-12-28(13-11-27)42(44)45/h6-13,25H,1-5,14-23,33H2,(H,34,43)(H2,35,36,37,38,39). The molecule has 1 saturated heterocycles. The predicted octanol–water partition coefficient (Wildman–Crippen LogP) is 3.32. The van der Waals surface area contributed by atoms with E-state index in [0.29, 0.717) is 82.1 Å². The van der Waals surface area contributed by atoms with Gasteiger partial charge in [-0.25, -0.2) is 0 Å². The normalized spacial score (nSPS) is 15.3. The molecule has 5 rings (SSSR count). The molecule has 5 N–H and O–H groups in total. The molecule has 0 spiro atoms. The van der Waals surface area contributed by atoms with Gasteiger partial charge < -0.3 is 41.0 Å². The van der Waals surface area contributed by atoms with Crippen LogP contribution < -0.4 is 31.5 Å². The first kappa shape index (κ1) is 33.8. The van der Waals surface area contributed by atoms with Crippen molar-refractivity contribution in [2.45, 2.75) is 38.1 Å². The number of non-ortho nitro benzene ring substituents is 1. The minimum absolute atomic E-state index is 0.0793. The van der Waals surface area contributed by atoms with Gasteiger partial charge in [0.25, 0.3) is 11.6 Å². The van der Waals surface area contributed by atoms with Crippen LogP contribution in [0.15, 0.2) is 48.5 Å². The Morgan fingerprint density at radius 2 is 1.51 bits per heavy atom. The summed E-state index contributed by atoms with van der Waals surface area (Å²) >= 11 is 0. The van der Waals surface area contributed by atoms with E-state index in [1.54, 1.807) is 24.3 Å². The maximum atomic E-state index is 12.6. The summed E-state index contributed by atoms with van der Waals surface area (Å²) in [5, 5.41) is 20.7. The summed E-state index contributed by atoms with van der Waals surface area (Å²) in [6.45, 7) is 5.49. The third kappa shape index (κ3) is 10.2. The minimum Gasteiger partial charge on any atom is -0.378 e. The lowest BCUT2D eigenvalue weighted by atomic mass is 9.96. The average Bonchev–Trinajstić information content (AvgIpc) is 3.10. The van der Waals surface area contributed by atoms with E-state index in [2.05, 4.69) is 25.8 Å². The third-order valence-electron chi connectivity index (χ3n) is 8.12. The largest absolute Gasteiger partial charge is 0.378 e. The number of nitrogens with one attached hydrogen (secondary N) is 3. The molecule has 1 amide bonds. The average molecular weight is 649 g/mol. The SMILES string of the molecule is NCCOCCOCCNC(=O)c1ccc(Nc2nc(NC3CCCCC3)nc(N3CCN(c4ccc([N+](=O)[O-])cc4)CC3)n2)cc1. The molecule has 15 nitrogen and oxygen atoms in total. The van der Waals surface area contributed by atoms with Crippen LogP contribution in [0.4, 0.5) is 34.9 Å². The lowest BCUT2D eigenvalue weighted by Crippen LogP contribution is -2.47. The van der Waals surface area contributed by atoms with Crippen molar-refractivity contribution in [3.8, 4) is 0 Å². The van der Waals surface area contributed by atoms with E-state index >= 15 is 0 Å². The number of nitrogens with zero attached hydrogens (tertiary/aromatic N) is 6. The molecule has 3 aromatic rings.